The Hall–Kier alpha value is -3.21. The Balaban J connectivity index is 1.33. The van der Waals surface area contributed by atoms with Crippen molar-refractivity contribution in [1.82, 2.24) is 0 Å². The Morgan fingerprint density at radius 3 is 2.31 bits per heavy atom. The molecule has 0 spiro atoms. The van der Waals surface area contributed by atoms with Crippen molar-refractivity contribution in [3.05, 3.63) is 95.8 Å². The SMILES string of the molecule is C=CCOc1ccc(CCC2CCC(c3ccc(-c4ccc(OCC)cc4)c(F)c3F)CC2)cc1F. The van der Waals surface area contributed by atoms with E-state index in [1.807, 2.05) is 13.0 Å². The van der Waals surface area contributed by atoms with Crippen LogP contribution < -0.4 is 9.47 Å². The van der Waals surface area contributed by atoms with Gasteiger partial charge in [-0.2, -0.15) is 0 Å². The first-order chi connectivity index (χ1) is 17.5. The molecule has 0 unspecified atom stereocenters. The first kappa shape index (κ1) is 25.9. The second kappa shape index (κ2) is 12.2. The van der Waals surface area contributed by atoms with Gasteiger partial charge in [-0.15, -0.1) is 0 Å². The minimum Gasteiger partial charge on any atom is -0.494 e. The molecule has 1 saturated carbocycles. The van der Waals surface area contributed by atoms with Crippen molar-refractivity contribution >= 4 is 0 Å². The molecule has 0 bridgehead atoms. The third-order valence-corrected chi connectivity index (χ3v) is 7.07. The molecule has 1 fully saturated rings. The number of hydrogen-bond acceptors (Lipinski definition) is 2. The van der Waals surface area contributed by atoms with Crippen molar-refractivity contribution in [3.8, 4) is 22.6 Å². The van der Waals surface area contributed by atoms with Crippen molar-refractivity contribution in [2.45, 2.75) is 51.4 Å². The normalized spacial score (nSPS) is 17.6. The fourth-order valence-corrected chi connectivity index (χ4v) is 5.10. The second-order valence-electron chi connectivity index (χ2n) is 9.41. The lowest BCUT2D eigenvalue weighted by atomic mass is 9.76. The Kier molecular flexibility index (Phi) is 8.74. The lowest BCUT2D eigenvalue weighted by Crippen LogP contribution is -2.15. The number of aryl methyl sites for hydroxylation is 1. The maximum atomic E-state index is 15.1. The van der Waals surface area contributed by atoms with E-state index < -0.39 is 11.6 Å². The lowest BCUT2D eigenvalue weighted by Gasteiger charge is -2.29. The van der Waals surface area contributed by atoms with Crippen LogP contribution >= 0.6 is 0 Å². The Bertz CT molecular complexity index is 1170. The molecule has 0 aliphatic heterocycles. The van der Waals surface area contributed by atoms with E-state index in [4.69, 9.17) is 9.47 Å². The summed E-state index contributed by atoms with van der Waals surface area (Å²) >= 11 is 0. The zero-order valence-corrected chi connectivity index (χ0v) is 20.7. The van der Waals surface area contributed by atoms with Crippen LogP contribution in [-0.4, -0.2) is 13.2 Å². The molecule has 0 aromatic heterocycles. The molecule has 0 saturated heterocycles. The van der Waals surface area contributed by atoms with Crippen LogP contribution in [0.3, 0.4) is 0 Å². The van der Waals surface area contributed by atoms with Crippen LogP contribution in [0.4, 0.5) is 13.2 Å². The van der Waals surface area contributed by atoms with Gasteiger partial charge in [-0.1, -0.05) is 43.0 Å². The maximum Gasteiger partial charge on any atom is 0.166 e. The molecule has 0 atom stereocenters. The second-order valence-corrected chi connectivity index (χ2v) is 9.41. The molecular formula is C31H33F3O2. The molecule has 0 amide bonds. The fourth-order valence-electron chi connectivity index (χ4n) is 5.10. The van der Waals surface area contributed by atoms with Gasteiger partial charge in [0.25, 0.3) is 0 Å². The van der Waals surface area contributed by atoms with E-state index in [0.29, 0.717) is 29.4 Å². The van der Waals surface area contributed by atoms with Crippen LogP contribution in [0.5, 0.6) is 11.5 Å². The first-order valence-corrected chi connectivity index (χ1v) is 12.7. The molecule has 5 heteroatoms. The van der Waals surface area contributed by atoms with Gasteiger partial charge in [0.05, 0.1) is 6.61 Å². The largest absolute Gasteiger partial charge is 0.494 e. The number of hydrogen-bond donors (Lipinski definition) is 0. The van der Waals surface area contributed by atoms with E-state index in [2.05, 4.69) is 6.58 Å². The summed E-state index contributed by atoms with van der Waals surface area (Å²) in [5, 5.41) is 0. The van der Waals surface area contributed by atoms with Crippen LogP contribution in [0.25, 0.3) is 11.1 Å². The van der Waals surface area contributed by atoms with Gasteiger partial charge in [0.1, 0.15) is 12.4 Å². The van der Waals surface area contributed by atoms with Gasteiger partial charge in [0, 0.05) is 5.56 Å². The van der Waals surface area contributed by atoms with Crippen molar-refractivity contribution in [1.29, 1.82) is 0 Å². The molecule has 190 valence electrons. The fraction of sp³-hybridized carbons (Fsp3) is 0.355. The molecule has 36 heavy (non-hydrogen) atoms. The van der Waals surface area contributed by atoms with Crippen LogP contribution in [-0.2, 0) is 6.42 Å². The highest BCUT2D eigenvalue weighted by Crippen LogP contribution is 2.40. The zero-order valence-electron chi connectivity index (χ0n) is 20.7. The Morgan fingerprint density at radius 2 is 1.64 bits per heavy atom. The van der Waals surface area contributed by atoms with Gasteiger partial charge in [0.15, 0.2) is 23.2 Å². The van der Waals surface area contributed by atoms with Gasteiger partial charge in [-0.25, -0.2) is 13.2 Å². The van der Waals surface area contributed by atoms with Crippen molar-refractivity contribution < 1.29 is 22.6 Å². The molecule has 0 radical (unpaired) electrons. The van der Waals surface area contributed by atoms with Crippen molar-refractivity contribution in [2.24, 2.45) is 5.92 Å². The third kappa shape index (κ3) is 6.13. The molecule has 1 aliphatic carbocycles. The molecule has 4 rings (SSSR count). The summed E-state index contributed by atoms with van der Waals surface area (Å²) in [6, 6.07) is 15.6. The van der Waals surface area contributed by atoms with E-state index in [1.165, 1.54) is 6.07 Å². The monoisotopic (exact) mass is 494 g/mol. The standard InChI is InChI=1S/C31H33F3O2/c1-3-19-36-29-18-9-22(20-28(29)32)6-5-21-7-10-23(11-8-21)26-16-17-27(31(34)30(26)33)24-12-14-25(15-13-24)35-4-2/h3,9,12-18,20-21,23H,1,4-8,10-11,19H2,2H3. The highest BCUT2D eigenvalue weighted by atomic mass is 19.2. The predicted octanol–water partition coefficient (Wildman–Crippen LogP) is 8.64. The van der Waals surface area contributed by atoms with Gasteiger partial charge < -0.3 is 9.47 Å². The minimum atomic E-state index is -0.790. The van der Waals surface area contributed by atoms with E-state index in [1.54, 1.807) is 48.5 Å². The Labute approximate surface area is 211 Å². The number of ether oxygens (including phenoxy) is 2. The van der Waals surface area contributed by atoms with Crippen LogP contribution in [0.1, 0.15) is 56.1 Å². The quantitative estimate of drug-likeness (QED) is 0.263. The van der Waals surface area contributed by atoms with Gasteiger partial charge in [-0.3, -0.25) is 0 Å². The van der Waals surface area contributed by atoms with Gasteiger partial charge >= 0.3 is 0 Å². The van der Waals surface area contributed by atoms with Crippen LogP contribution in [0.2, 0.25) is 0 Å². The average Bonchev–Trinajstić information content (AvgIpc) is 2.90. The summed E-state index contributed by atoms with van der Waals surface area (Å²) in [4.78, 5) is 0. The molecule has 1 aliphatic rings. The molecule has 0 heterocycles. The van der Waals surface area contributed by atoms with Crippen molar-refractivity contribution in [2.75, 3.05) is 13.2 Å². The summed E-state index contributed by atoms with van der Waals surface area (Å²) in [5.41, 5.74) is 2.30. The average molecular weight is 495 g/mol. The van der Waals surface area contributed by atoms with E-state index in [9.17, 15) is 4.39 Å². The third-order valence-electron chi connectivity index (χ3n) is 7.07. The van der Waals surface area contributed by atoms with Crippen LogP contribution in [0, 0.1) is 23.4 Å². The predicted molar refractivity (Wildman–Crippen MR) is 138 cm³/mol. The highest BCUT2D eigenvalue weighted by Gasteiger charge is 2.26. The van der Waals surface area contributed by atoms with E-state index in [0.717, 1.165) is 44.1 Å². The first-order valence-electron chi connectivity index (χ1n) is 12.7. The number of halogens is 3. The summed E-state index contributed by atoms with van der Waals surface area (Å²) in [6.45, 7) is 6.30. The summed E-state index contributed by atoms with van der Waals surface area (Å²) < 4.78 is 55.0. The summed E-state index contributed by atoms with van der Waals surface area (Å²) in [7, 11) is 0. The minimum absolute atomic E-state index is 0.0175. The maximum absolute atomic E-state index is 15.1. The molecule has 0 N–H and O–H groups in total. The topological polar surface area (TPSA) is 18.5 Å². The molecule has 2 nitrogen and oxygen atoms in total. The number of benzene rings is 3. The van der Waals surface area contributed by atoms with Crippen LogP contribution in [0.15, 0.2) is 67.3 Å². The molecule has 3 aromatic carbocycles. The number of rotatable bonds is 10. The van der Waals surface area contributed by atoms with Gasteiger partial charge in [-0.05, 0) is 98.2 Å². The van der Waals surface area contributed by atoms with E-state index >= 15 is 8.78 Å². The summed E-state index contributed by atoms with van der Waals surface area (Å²) in [6.07, 6.45) is 6.88. The molecule has 3 aromatic rings. The highest BCUT2D eigenvalue weighted by molar-refractivity contribution is 5.65. The summed E-state index contributed by atoms with van der Waals surface area (Å²) in [5.74, 6) is -0.428. The van der Waals surface area contributed by atoms with Gasteiger partial charge in [0.2, 0.25) is 0 Å². The lowest BCUT2D eigenvalue weighted by molar-refractivity contribution is 0.304. The molecular weight excluding hydrogens is 461 g/mol. The zero-order chi connectivity index (χ0) is 25.5. The smallest absolute Gasteiger partial charge is 0.166 e. The van der Waals surface area contributed by atoms with Crippen molar-refractivity contribution in [3.63, 3.8) is 0 Å². The Morgan fingerprint density at radius 1 is 0.889 bits per heavy atom. The van der Waals surface area contributed by atoms with E-state index in [-0.39, 0.29) is 29.7 Å².